The van der Waals surface area contributed by atoms with E-state index < -0.39 is 5.97 Å². The summed E-state index contributed by atoms with van der Waals surface area (Å²) in [6.45, 7) is 0. The summed E-state index contributed by atoms with van der Waals surface area (Å²) in [5.74, 6) is -0.393. The number of hydrogen-bond donors (Lipinski definition) is 1. The van der Waals surface area contributed by atoms with E-state index in [1.807, 2.05) is 4.68 Å². The summed E-state index contributed by atoms with van der Waals surface area (Å²) in [6.07, 6.45) is 6.41. The van der Waals surface area contributed by atoms with Crippen LogP contribution in [0.2, 0.25) is 0 Å². The van der Waals surface area contributed by atoms with Gasteiger partial charge in [0, 0.05) is 6.42 Å². The Balaban J connectivity index is 1.92. The molecule has 0 radical (unpaired) electrons. The van der Waals surface area contributed by atoms with Crippen LogP contribution in [-0.2, 0) is 4.79 Å². The molecule has 1 N–H and O–H groups in total. The number of aromatic nitrogens is 3. The highest BCUT2D eigenvalue weighted by Gasteiger charge is 2.27. The Morgan fingerprint density at radius 3 is 3.07 bits per heavy atom. The monoisotopic (exact) mass is 195 g/mol. The first-order valence-electron chi connectivity index (χ1n) is 4.81. The molecule has 5 nitrogen and oxygen atoms in total. The van der Waals surface area contributed by atoms with Gasteiger partial charge in [-0.05, 0) is 25.2 Å². The largest absolute Gasteiger partial charge is 0.481 e. The minimum atomic E-state index is -0.700. The molecule has 0 aliphatic heterocycles. The number of carbonyl (C=O) groups is 1. The molecule has 76 valence electrons. The summed E-state index contributed by atoms with van der Waals surface area (Å²) in [6, 6.07) is 0.349. The molecule has 2 atom stereocenters. The Kier molecular flexibility index (Phi) is 2.47. The van der Waals surface area contributed by atoms with Crippen LogP contribution in [0.25, 0.3) is 0 Å². The predicted molar refractivity (Wildman–Crippen MR) is 48.7 cm³/mol. The first-order chi connectivity index (χ1) is 6.75. The molecule has 0 aromatic carbocycles. The van der Waals surface area contributed by atoms with Crippen molar-refractivity contribution >= 4 is 5.97 Å². The summed E-state index contributed by atoms with van der Waals surface area (Å²) < 4.78 is 1.84. The Hall–Kier alpha value is -1.39. The molecule has 1 saturated carbocycles. The molecule has 0 spiro atoms. The van der Waals surface area contributed by atoms with Crippen LogP contribution in [0.5, 0.6) is 0 Å². The van der Waals surface area contributed by atoms with Gasteiger partial charge in [-0.15, -0.1) is 0 Å². The summed E-state index contributed by atoms with van der Waals surface area (Å²) in [4.78, 5) is 14.4. The molecular formula is C9H13N3O2. The standard InChI is InChI=1S/C9H13N3O2/c13-9(14)4-7-1-2-8(3-7)12-6-10-5-11-12/h5-8H,1-4H2,(H,13,14). The highest BCUT2D eigenvalue weighted by atomic mass is 16.4. The highest BCUT2D eigenvalue weighted by Crippen LogP contribution is 2.35. The molecule has 0 saturated heterocycles. The van der Waals surface area contributed by atoms with E-state index >= 15 is 0 Å². The van der Waals surface area contributed by atoms with Gasteiger partial charge < -0.3 is 5.11 Å². The summed E-state index contributed by atoms with van der Waals surface area (Å²) >= 11 is 0. The van der Waals surface area contributed by atoms with Gasteiger partial charge in [-0.1, -0.05) is 0 Å². The van der Waals surface area contributed by atoms with E-state index in [1.54, 1.807) is 6.33 Å². The Morgan fingerprint density at radius 1 is 1.57 bits per heavy atom. The smallest absolute Gasteiger partial charge is 0.303 e. The third-order valence-electron chi connectivity index (χ3n) is 2.79. The minimum absolute atomic E-state index is 0.283. The maximum absolute atomic E-state index is 10.5. The van der Waals surface area contributed by atoms with Crippen molar-refractivity contribution < 1.29 is 9.90 Å². The van der Waals surface area contributed by atoms with Crippen LogP contribution >= 0.6 is 0 Å². The molecule has 1 fully saturated rings. The third kappa shape index (κ3) is 1.92. The lowest BCUT2D eigenvalue weighted by Gasteiger charge is -2.09. The maximum atomic E-state index is 10.5. The van der Waals surface area contributed by atoms with Crippen molar-refractivity contribution in [2.24, 2.45) is 5.92 Å². The second kappa shape index (κ2) is 3.77. The molecular weight excluding hydrogens is 182 g/mol. The summed E-state index contributed by atoms with van der Waals surface area (Å²) in [5, 5.41) is 12.7. The number of carboxylic acid groups (broad SMARTS) is 1. The van der Waals surface area contributed by atoms with Crippen molar-refractivity contribution in [3.63, 3.8) is 0 Å². The predicted octanol–water partition coefficient (Wildman–Crippen LogP) is 1.09. The molecule has 1 heterocycles. The Bertz CT molecular complexity index is 310. The van der Waals surface area contributed by atoms with E-state index in [0.29, 0.717) is 12.0 Å². The first-order valence-corrected chi connectivity index (χ1v) is 4.81. The second-order valence-corrected chi connectivity index (χ2v) is 3.81. The normalized spacial score (nSPS) is 26.6. The van der Waals surface area contributed by atoms with Crippen molar-refractivity contribution in [3.05, 3.63) is 12.7 Å². The zero-order chi connectivity index (χ0) is 9.97. The quantitative estimate of drug-likeness (QED) is 0.784. The molecule has 1 aliphatic carbocycles. The van der Waals surface area contributed by atoms with Crippen LogP contribution in [0.3, 0.4) is 0 Å². The summed E-state index contributed by atoms with van der Waals surface area (Å²) in [5.41, 5.74) is 0. The van der Waals surface area contributed by atoms with Gasteiger partial charge in [0.1, 0.15) is 12.7 Å². The lowest BCUT2D eigenvalue weighted by molar-refractivity contribution is -0.138. The van der Waals surface area contributed by atoms with Crippen molar-refractivity contribution in [1.29, 1.82) is 0 Å². The third-order valence-corrected chi connectivity index (χ3v) is 2.79. The van der Waals surface area contributed by atoms with Crippen LogP contribution in [0, 0.1) is 5.92 Å². The van der Waals surface area contributed by atoms with Gasteiger partial charge in [0.2, 0.25) is 0 Å². The summed E-state index contributed by atoms with van der Waals surface area (Å²) in [7, 11) is 0. The zero-order valence-electron chi connectivity index (χ0n) is 7.83. The number of aliphatic carboxylic acids is 1. The van der Waals surface area contributed by atoms with E-state index in [4.69, 9.17) is 5.11 Å². The van der Waals surface area contributed by atoms with E-state index in [-0.39, 0.29) is 6.42 Å². The van der Waals surface area contributed by atoms with Crippen LogP contribution in [0.4, 0.5) is 0 Å². The van der Waals surface area contributed by atoms with Crippen molar-refractivity contribution in [2.45, 2.75) is 31.7 Å². The van der Waals surface area contributed by atoms with Gasteiger partial charge in [0.15, 0.2) is 0 Å². The zero-order valence-corrected chi connectivity index (χ0v) is 7.83. The molecule has 1 aromatic heterocycles. The molecule has 0 bridgehead atoms. The molecule has 5 heteroatoms. The number of hydrogen-bond acceptors (Lipinski definition) is 3. The van der Waals surface area contributed by atoms with Gasteiger partial charge in [0.05, 0.1) is 6.04 Å². The molecule has 0 amide bonds. The lowest BCUT2D eigenvalue weighted by atomic mass is 10.0. The van der Waals surface area contributed by atoms with Gasteiger partial charge in [-0.25, -0.2) is 9.67 Å². The fraction of sp³-hybridized carbons (Fsp3) is 0.667. The van der Waals surface area contributed by atoms with Crippen LogP contribution in [-0.4, -0.2) is 25.8 Å². The van der Waals surface area contributed by atoms with Gasteiger partial charge in [-0.3, -0.25) is 4.79 Å². The molecule has 14 heavy (non-hydrogen) atoms. The molecule has 1 aromatic rings. The lowest BCUT2D eigenvalue weighted by Crippen LogP contribution is -2.08. The van der Waals surface area contributed by atoms with Crippen LogP contribution < -0.4 is 0 Å². The minimum Gasteiger partial charge on any atom is -0.481 e. The fourth-order valence-corrected chi connectivity index (χ4v) is 2.13. The number of nitrogens with zero attached hydrogens (tertiary/aromatic N) is 3. The number of carboxylic acids is 1. The van der Waals surface area contributed by atoms with E-state index in [2.05, 4.69) is 10.1 Å². The van der Waals surface area contributed by atoms with E-state index in [9.17, 15) is 4.79 Å². The van der Waals surface area contributed by atoms with E-state index in [0.717, 1.165) is 19.3 Å². The van der Waals surface area contributed by atoms with E-state index in [1.165, 1.54) is 6.33 Å². The van der Waals surface area contributed by atoms with Crippen LogP contribution in [0.15, 0.2) is 12.7 Å². The van der Waals surface area contributed by atoms with Gasteiger partial charge >= 0.3 is 5.97 Å². The molecule has 2 rings (SSSR count). The topological polar surface area (TPSA) is 68.0 Å². The average molecular weight is 195 g/mol. The average Bonchev–Trinajstić information content (AvgIpc) is 2.69. The van der Waals surface area contributed by atoms with Crippen molar-refractivity contribution in [1.82, 2.24) is 14.8 Å². The molecule has 1 aliphatic rings. The van der Waals surface area contributed by atoms with Gasteiger partial charge in [-0.2, -0.15) is 5.10 Å². The first kappa shape index (κ1) is 9.18. The number of rotatable bonds is 3. The SMILES string of the molecule is O=C(O)CC1CCC(n2cncn2)C1. The molecule has 2 unspecified atom stereocenters. The fourth-order valence-electron chi connectivity index (χ4n) is 2.13. The Morgan fingerprint density at radius 2 is 2.43 bits per heavy atom. The van der Waals surface area contributed by atoms with Crippen molar-refractivity contribution in [2.75, 3.05) is 0 Å². The Labute approximate surface area is 81.8 Å². The van der Waals surface area contributed by atoms with Crippen molar-refractivity contribution in [3.8, 4) is 0 Å². The van der Waals surface area contributed by atoms with Gasteiger partial charge in [0.25, 0.3) is 0 Å². The second-order valence-electron chi connectivity index (χ2n) is 3.81. The highest BCUT2D eigenvalue weighted by molar-refractivity contribution is 5.67. The van der Waals surface area contributed by atoms with Crippen LogP contribution in [0.1, 0.15) is 31.7 Å². The maximum Gasteiger partial charge on any atom is 0.303 e.